The Labute approximate surface area is 127 Å². The first-order valence-corrected chi connectivity index (χ1v) is 7.65. The molecule has 20 heavy (non-hydrogen) atoms. The molecule has 0 radical (unpaired) electrons. The van der Waals surface area contributed by atoms with Crippen LogP contribution in [0.2, 0.25) is 0 Å². The largest absolute Gasteiger partial charge is 0.341 e. The molecule has 1 aliphatic heterocycles. The topological polar surface area (TPSA) is 23.6 Å². The molecule has 0 bridgehead atoms. The molecule has 0 atom stereocenters. The number of rotatable bonds is 3. The van der Waals surface area contributed by atoms with E-state index in [1.165, 1.54) is 12.1 Å². The first-order chi connectivity index (χ1) is 9.47. The van der Waals surface area contributed by atoms with E-state index < -0.39 is 0 Å². The van der Waals surface area contributed by atoms with E-state index in [0.29, 0.717) is 16.0 Å². The fourth-order valence-corrected chi connectivity index (χ4v) is 3.00. The van der Waals surface area contributed by atoms with Crippen LogP contribution in [0.25, 0.3) is 0 Å². The van der Waals surface area contributed by atoms with Crippen LogP contribution in [0.4, 0.5) is 4.39 Å². The Morgan fingerprint density at radius 3 is 2.75 bits per heavy atom. The second-order valence-corrected chi connectivity index (χ2v) is 6.41. The van der Waals surface area contributed by atoms with Gasteiger partial charge in [0.05, 0.1) is 5.56 Å². The third kappa shape index (κ3) is 3.79. The normalized spacial score (nSPS) is 17.2. The van der Waals surface area contributed by atoms with E-state index in [0.717, 1.165) is 32.5 Å². The summed E-state index contributed by atoms with van der Waals surface area (Å²) in [6.45, 7) is 2.89. The third-order valence-corrected chi connectivity index (χ3v) is 4.57. The van der Waals surface area contributed by atoms with Crippen LogP contribution < -0.4 is 0 Å². The van der Waals surface area contributed by atoms with Crippen LogP contribution in [0.5, 0.6) is 0 Å². The zero-order chi connectivity index (χ0) is 14.7. The molecule has 0 N–H and O–H groups in total. The zero-order valence-corrected chi connectivity index (χ0v) is 13.5. The van der Waals surface area contributed by atoms with Gasteiger partial charge in [0.2, 0.25) is 0 Å². The van der Waals surface area contributed by atoms with Crippen LogP contribution >= 0.6 is 15.9 Å². The minimum absolute atomic E-state index is 0.129. The second-order valence-electron chi connectivity index (χ2n) is 5.56. The number of nitrogens with zero attached hydrogens (tertiary/aromatic N) is 2. The highest BCUT2D eigenvalue weighted by atomic mass is 79.9. The maximum Gasteiger partial charge on any atom is 0.254 e. The lowest BCUT2D eigenvalue weighted by molar-refractivity contribution is 0.0746. The molecule has 0 aromatic heterocycles. The lowest BCUT2D eigenvalue weighted by Crippen LogP contribution is -2.38. The van der Waals surface area contributed by atoms with Crippen molar-refractivity contribution in [3.8, 4) is 0 Å². The van der Waals surface area contributed by atoms with Gasteiger partial charge in [-0.1, -0.05) is 0 Å². The molecule has 3 nitrogen and oxygen atoms in total. The van der Waals surface area contributed by atoms with Crippen LogP contribution in [0.3, 0.4) is 0 Å². The van der Waals surface area contributed by atoms with Crippen molar-refractivity contribution in [1.29, 1.82) is 0 Å². The van der Waals surface area contributed by atoms with Crippen LogP contribution in [0, 0.1) is 11.7 Å². The summed E-state index contributed by atoms with van der Waals surface area (Å²) >= 11 is 3.31. The summed E-state index contributed by atoms with van der Waals surface area (Å²) in [6.07, 6.45) is 2.22. The first-order valence-electron chi connectivity index (χ1n) is 6.86. The number of carbonyl (C=O) groups is 1. The molecule has 110 valence electrons. The molecule has 1 aliphatic rings. The Kier molecular flexibility index (Phi) is 5.16. The highest BCUT2D eigenvalue weighted by Gasteiger charge is 2.22. The van der Waals surface area contributed by atoms with Crippen molar-refractivity contribution < 1.29 is 9.18 Å². The standard InChI is InChI=1S/C15H20BrFN2O/c1-18-7-5-11(6-8-18)10-19(2)15(20)13-9-12(17)3-4-14(13)16/h3-4,9,11H,5-8,10H2,1-2H3. The number of hydrogen-bond acceptors (Lipinski definition) is 2. The molecule has 2 rings (SSSR count). The van der Waals surface area contributed by atoms with Gasteiger partial charge in [-0.25, -0.2) is 4.39 Å². The molecule has 5 heteroatoms. The fourth-order valence-electron chi connectivity index (χ4n) is 2.58. The lowest BCUT2D eigenvalue weighted by atomic mass is 9.96. The van der Waals surface area contributed by atoms with Gasteiger partial charge >= 0.3 is 0 Å². The van der Waals surface area contributed by atoms with E-state index in [9.17, 15) is 9.18 Å². The summed E-state index contributed by atoms with van der Waals surface area (Å²) < 4.78 is 13.9. The Morgan fingerprint density at radius 1 is 1.45 bits per heavy atom. The van der Waals surface area contributed by atoms with Crippen LogP contribution in [-0.2, 0) is 0 Å². The second kappa shape index (κ2) is 6.68. The summed E-state index contributed by atoms with van der Waals surface area (Å²) in [6, 6.07) is 4.21. The van der Waals surface area contributed by atoms with Crippen LogP contribution in [0.1, 0.15) is 23.2 Å². The average molecular weight is 343 g/mol. The van der Waals surface area contributed by atoms with Crippen molar-refractivity contribution in [3.05, 3.63) is 34.1 Å². The van der Waals surface area contributed by atoms with Crippen molar-refractivity contribution in [1.82, 2.24) is 9.80 Å². The summed E-state index contributed by atoms with van der Waals surface area (Å²) in [4.78, 5) is 16.4. The number of likely N-dealkylation sites (tertiary alicyclic amines) is 1. The average Bonchev–Trinajstić information content (AvgIpc) is 2.43. The Hall–Kier alpha value is -0.940. The van der Waals surface area contributed by atoms with Crippen molar-refractivity contribution in [2.75, 3.05) is 33.7 Å². The smallest absolute Gasteiger partial charge is 0.254 e. The molecule has 0 saturated carbocycles. The van der Waals surface area contributed by atoms with Gasteiger partial charge in [0, 0.05) is 18.1 Å². The van der Waals surface area contributed by atoms with Gasteiger partial charge in [-0.05, 0) is 73.0 Å². The molecule has 1 fully saturated rings. The molecule has 1 aromatic rings. The van der Waals surface area contributed by atoms with Gasteiger partial charge in [-0.2, -0.15) is 0 Å². The fraction of sp³-hybridized carbons (Fsp3) is 0.533. The Bertz CT molecular complexity index is 487. The van der Waals surface area contributed by atoms with Gasteiger partial charge in [0.25, 0.3) is 5.91 Å². The van der Waals surface area contributed by atoms with Crippen molar-refractivity contribution >= 4 is 21.8 Å². The predicted octanol–water partition coefficient (Wildman–Crippen LogP) is 3.00. The van der Waals surface area contributed by atoms with Gasteiger partial charge in [0.15, 0.2) is 0 Å². The Morgan fingerprint density at radius 2 is 2.10 bits per heavy atom. The molecule has 1 heterocycles. The summed E-state index contributed by atoms with van der Waals surface area (Å²) in [7, 11) is 3.91. The van der Waals surface area contributed by atoms with E-state index in [1.807, 2.05) is 0 Å². The lowest BCUT2D eigenvalue weighted by Gasteiger charge is -2.31. The van der Waals surface area contributed by atoms with Gasteiger partial charge in [-0.15, -0.1) is 0 Å². The summed E-state index contributed by atoms with van der Waals surface area (Å²) in [5.41, 5.74) is 0.389. The summed E-state index contributed by atoms with van der Waals surface area (Å²) in [5.74, 6) is 0.0204. The molecule has 1 aromatic carbocycles. The minimum atomic E-state index is -0.385. The Balaban J connectivity index is 1.99. The number of amides is 1. The molecule has 0 unspecified atom stereocenters. The molecular formula is C15H20BrFN2O. The van der Waals surface area contributed by atoms with Crippen molar-refractivity contribution in [3.63, 3.8) is 0 Å². The van der Waals surface area contributed by atoms with E-state index >= 15 is 0 Å². The minimum Gasteiger partial charge on any atom is -0.341 e. The maximum atomic E-state index is 13.3. The molecule has 1 amide bonds. The van der Waals surface area contributed by atoms with Gasteiger partial charge in [0.1, 0.15) is 5.82 Å². The monoisotopic (exact) mass is 342 g/mol. The van der Waals surface area contributed by atoms with E-state index in [-0.39, 0.29) is 11.7 Å². The summed E-state index contributed by atoms with van der Waals surface area (Å²) in [5, 5.41) is 0. The van der Waals surface area contributed by atoms with Gasteiger partial charge < -0.3 is 9.80 Å². The van der Waals surface area contributed by atoms with Crippen molar-refractivity contribution in [2.24, 2.45) is 5.92 Å². The number of carbonyl (C=O) groups excluding carboxylic acids is 1. The number of piperidine rings is 1. The molecule has 1 saturated heterocycles. The first kappa shape index (κ1) is 15.4. The van der Waals surface area contributed by atoms with Crippen LogP contribution in [-0.4, -0.2) is 49.4 Å². The molecule has 0 aliphatic carbocycles. The third-order valence-electron chi connectivity index (χ3n) is 3.88. The highest BCUT2D eigenvalue weighted by Crippen LogP contribution is 2.21. The molecule has 0 spiro atoms. The number of benzene rings is 1. The molecular weight excluding hydrogens is 323 g/mol. The number of halogens is 2. The maximum absolute atomic E-state index is 13.3. The van der Waals surface area contributed by atoms with E-state index in [4.69, 9.17) is 0 Å². The quantitative estimate of drug-likeness (QED) is 0.842. The zero-order valence-electron chi connectivity index (χ0n) is 11.9. The van der Waals surface area contributed by atoms with E-state index in [2.05, 4.69) is 27.9 Å². The number of hydrogen-bond donors (Lipinski definition) is 0. The van der Waals surface area contributed by atoms with E-state index in [1.54, 1.807) is 18.0 Å². The van der Waals surface area contributed by atoms with Gasteiger partial charge in [-0.3, -0.25) is 4.79 Å². The highest BCUT2D eigenvalue weighted by molar-refractivity contribution is 9.10. The van der Waals surface area contributed by atoms with Crippen LogP contribution in [0.15, 0.2) is 22.7 Å². The van der Waals surface area contributed by atoms with Crippen molar-refractivity contribution in [2.45, 2.75) is 12.8 Å². The predicted molar refractivity (Wildman–Crippen MR) is 81.3 cm³/mol. The SMILES string of the molecule is CN1CCC(CN(C)C(=O)c2cc(F)ccc2Br)CC1.